The van der Waals surface area contributed by atoms with E-state index < -0.39 is 0 Å². The van der Waals surface area contributed by atoms with Gasteiger partial charge < -0.3 is 4.74 Å². The van der Waals surface area contributed by atoms with E-state index in [1.165, 1.54) is 24.0 Å². The number of aryl methyl sites for hydroxylation is 1. The molecule has 1 unspecified atom stereocenters. The molecule has 0 amide bonds. The Morgan fingerprint density at radius 1 is 1.21 bits per heavy atom. The van der Waals surface area contributed by atoms with Gasteiger partial charge in [-0.05, 0) is 36.8 Å². The van der Waals surface area contributed by atoms with Crippen LogP contribution in [0.15, 0.2) is 24.3 Å². The zero-order valence-corrected chi connectivity index (χ0v) is 12.1. The van der Waals surface area contributed by atoms with Gasteiger partial charge in [-0.2, -0.15) is 0 Å². The van der Waals surface area contributed by atoms with Gasteiger partial charge in [0.2, 0.25) is 0 Å². The fraction of sp³-hybridized carbons (Fsp3) is 0.625. The third-order valence-electron chi connectivity index (χ3n) is 4.56. The number of nitrogens with two attached hydrogens (primary N) is 1. The van der Waals surface area contributed by atoms with Crippen LogP contribution in [-0.2, 0) is 17.6 Å². The van der Waals surface area contributed by atoms with Crippen LogP contribution in [0.3, 0.4) is 0 Å². The van der Waals surface area contributed by atoms with Gasteiger partial charge in [0.15, 0.2) is 0 Å². The standard InChI is InChI=1S/C16H26N2O/c1-3-13-6-8-14(9-7-13)12-15(18-17)16(19-2)10-4-5-11-16/h6-9,15,18H,3-5,10-12,17H2,1-2H3. The number of nitrogens with one attached hydrogen (secondary N) is 1. The van der Waals surface area contributed by atoms with E-state index >= 15 is 0 Å². The Labute approximate surface area is 116 Å². The topological polar surface area (TPSA) is 47.3 Å². The number of hydrazine groups is 1. The molecule has 1 atom stereocenters. The first-order valence-electron chi connectivity index (χ1n) is 7.33. The second-order valence-corrected chi connectivity index (χ2v) is 5.57. The highest BCUT2D eigenvalue weighted by molar-refractivity contribution is 5.24. The van der Waals surface area contributed by atoms with Crippen molar-refractivity contribution in [2.24, 2.45) is 5.84 Å². The molecule has 0 spiro atoms. The zero-order chi connectivity index (χ0) is 13.7. The largest absolute Gasteiger partial charge is 0.377 e. The lowest BCUT2D eigenvalue weighted by Crippen LogP contribution is -2.54. The highest BCUT2D eigenvalue weighted by Gasteiger charge is 2.41. The van der Waals surface area contributed by atoms with E-state index in [-0.39, 0.29) is 11.6 Å². The molecule has 2 rings (SSSR count). The van der Waals surface area contributed by atoms with Crippen LogP contribution in [0.5, 0.6) is 0 Å². The summed E-state index contributed by atoms with van der Waals surface area (Å²) in [6.07, 6.45) is 6.69. The Bertz CT molecular complexity index is 382. The molecule has 1 fully saturated rings. The van der Waals surface area contributed by atoms with E-state index in [4.69, 9.17) is 10.6 Å². The molecule has 0 radical (unpaired) electrons. The Hall–Kier alpha value is -0.900. The number of benzene rings is 1. The smallest absolute Gasteiger partial charge is 0.0847 e. The van der Waals surface area contributed by atoms with Crippen LogP contribution >= 0.6 is 0 Å². The third kappa shape index (κ3) is 3.16. The summed E-state index contributed by atoms with van der Waals surface area (Å²) in [6, 6.07) is 9.02. The summed E-state index contributed by atoms with van der Waals surface area (Å²) in [5, 5.41) is 0. The average molecular weight is 262 g/mol. The van der Waals surface area contributed by atoms with Gasteiger partial charge in [-0.1, -0.05) is 44.0 Å². The molecule has 1 aromatic rings. The molecular weight excluding hydrogens is 236 g/mol. The van der Waals surface area contributed by atoms with Crippen LogP contribution < -0.4 is 11.3 Å². The monoisotopic (exact) mass is 262 g/mol. The molecule has 0 heterocycles. The highest BCUT2D eigenvalue weighted by Crippen LogP contribution is 2.36. The van der Waals surface area contributed by atoms with Crippen LogP contribution in [0, 0.1) is 0 Å². The second kappa shape index (κ2) is 6.51. The van der Waals surface area contributed by atoms with Gasteiger partial charge in [0.05, 0.1) is 11.6 Å². The fourth-order valence-corrected chi connectivity index (χ4v) is 3.21. The molecule has 3 N–H and O–H groups in total. The van der Waals surface area contributed by atoms with Crippen molar-refractivity contribution in [2.45, 2.75) is 57.1 Å². The molecule has 1 aliphatic rings. The molecule has 3 nitrogen and oxygen atoms in total. The van der Waals surface area contributed by atoms with Gasteiger partial charge in [-0.15, -0.1) is 0 Å². The van der Waals surface area contributed by atoms with E-state index in [9.17, 15) is 0 Å². The van der Waals surface area contributed by atoms with Gasteiger partial charge >= 0.3 is 0 Å². The Kier molecular flexibility index (Phi) is 4.97. The number of hydrogen-bond acceptors (Lipinski definition) is 3. The minimum Gasteiger partial charge on any atom is -0.377 e. The zero-order valence-electron chi connectivity index (χ0n) is 12.1. The Balaban J connectivity index is 2.09. The molecule has 0 aromatic heterocycles. The van der Waals surface area contributed by atoms with Crippen molar-refractivity contribution >= 4 is 0 Å². The van der Waals surface area contributed by atoms with Crippen LogP contribution in [0.1, 0.15) is 43.7 Å². The van der Waals surface area contributed by atoms with Crippen LogP contribution in [0.4, 0.5) is 0 Å². The molecule has 106 valence electrons. The summed E-state index contributed by atoms with van der Waals surface area (Å²) in [4.78, 5) is 0. The summed E-state index contributed by atoms with van der Waals surface area (Å²) >= 11 is 0. The number of methoxy groups -OCH3 is 1. The molecule has 0 saturated heterocycles. The first-order valence-corrected chi connectivity index (χ1v) is 7.33. The van der Waals surface area contributed by atoms with Crippen molar-refractivity contribution in [3.8, 4) is 0 Å². The second-order valence-electron chi connectivity index (χ2n) is 5.57. The number of rotatable bonds is 6. The average Bonchev–Trinajstić information content (AvgIpc) is 2.95. The first-order chi connectivity index (χ1) is 9.24. The van der Waals surface area contributed by atoms with Crippen molar-refractivity contribution in [1.82, 2.24) is 5.43 Å². The van der Waals surface area contributed by atoms with Gasteiger partial charge in [0.25, 0.3) is 0 Å². The first kappa shape index (κ1) is 14.5. The number of hydrogen-bond donors (Lipinski definition) is 2. The minimum absolute atomic E-state index is 0.0851. The summed E-state index contributed by atoms with van der Waals surface area (Å²) in [6.45, 7) is 2.18. The lowest BCUT2D eigenvalue weighted by molar-refractivity contribution is -0.0355. The molecule has 0 bridgehead atoms. The lowest BCUT2D eigenvalue weighted by Gasteiger charge is -2.36. The predicted octanol–water partition coefficient (Wildman–Crippen LogP) is 2.58. The van der Waals surface area contributed by atoms with Crippen molar-refractivity contribution in [2.75, 3.05) is 7.11 Å². The van der Waals surface area contributed by atoms with Crippen LogP contribution in [0.2, 0.25) is 0 Å². The van der Waals surface area contributed by atoms with Gasteiger partial charge in [0, 0.05) is 7.11 Å². The van der Waals surface area contributed by atoms with Crippen molar-refractivity contribution in [3.63, 3.8) is 0 Å². The molecule has 19 heavy (non-hydrogen) atoms. The maximum absolute atomic E-state index is 5.83. The van der Waals surface area contributed by atoms with E-state index in [2.05, 4.69) is 36.6 Å². The summed E-state index contributed by atoms with van der Waals surface area (Å²) in [7, 11) is 1.82. The predicted molar refractivity (Wildman–Crippen MR) is 78.8 cm³/mol. The van der Waals surface area contributed by atoms with E-state index in [1.54, 1.807) is 0 Å². The highest BCUT2D eigenvalue weighted by atomic mass is 16.5. The molecule has 1 saturated carbocycles. The van der Waals surface area contributed by atoms with E-state index in [0.29, 0.717) is 0 Å². The molecule has 3 heteroatoms. The van der Waals surface area contributed by atoms with Crippen molar-refractivity contribution in [3.05, 3.63) is 35.4 Å². The fourth-order valence-electron chi connectivity index (χ4n) is 3.21. The lowest BCUT2D eigenvalue weighted by atomic mass is 9.87. The van der Waals surface area contributed by atoms with Crippen LogP contribution in [-0.4, -0.2) is 18.8 Å². The normalized spacial score (nSPS) is 19.5. The summed E-state index contributed by atoms with van der Waals surface area (Å²) in [5.41, 5.74) is 5.60. The minimum atomic E-state index is -0.0851. The Morgan fingerprint density at radius 3 is 2.26 bits per heavy atom. The van der Waals surface area contributed by atoms with E-state index in [0.717, 1.165) is 25.7 Å². The Morgan fingerprint density at radius 2 is 1.79 bits per heavy atom. The van der Waals surface area contributed by atoms with Gasteiger partial charge in [0.1, 0.15) is 0 Å². The quantitative estimate of drug-likeness (QED) is 0.612. The molecule has 0 aliphatic heterocycles. The van der Waals surface area contributed by atoms with Crippen molar-refractivity contribution < 1.29 is 4.74 Å². The maximum atomic E-state index is 5.83. The van der Waals surface area contributed by atoms with Crippen molar-refractivity contribution in [1.29, 1.82) is 0 Å². The maximum Gasteiger partial charge on any atom is 0.0847 e. The molecular formula is C16H26N2O. The summed E-state index contributed by atoms with van der Waals surface area (Å²) in [5.74, 6) is 5.79. The molecule has 1 aromatic carbocycles. The number of ether oxygens (including phenoxy) is 1. The summed E-state index contributed by atoms with van der Waals surface area (Å²) < 4.78 is 5.83. The SMILES string of the molecule is CCc1ccc(CC(NN)C2(OC)CCCC2)cc1. The van der Waals surface area contributed by atoms with Crippen LogP contribution in [0.25, 0.3) is 0 Å². The van der Waals surface area contributed by atoms with E-state index in [1.807, 2.05) is 7.11 Å². The van der Waals surface area contributed by atoms with Gasteiger partial charge in [-0.25, -0.2) is 0 Å². The van der Waals surface area contributed by atoms with Gasteiger partial charge in [-0.3, -0.25) is 11.3 Å². The third-order valence-corrected chi connectivity index (χ3v) is 4.56. The molecule has 1 aliphatic carbocycles.